The number of hydrogen-bond acceptors (Lipinski definition) is 2. The smallest absolute Gasteiger partial charge is 0.139 e. The molecule has 0 aromatic heterocycles. The van der Waals surface area contributed by atoms with Gasteiger partial charge in [-0.05, 0) is 46.8 Å². The van der Waals surface area contributed by atoms with Crippen LogP contribution >= 0.6 is 31.9 Å². The zero-order chi connectivity index (χ0) is 12.8. The number of halogens is 2. The lowest BCUT2D eigenvalue weighted by molar-refractivity contribution is 0.386. The predicted molar refractivity (Wildman–Crippen MR) is 78.6 cm³/mol. The molecule has 0 aliphatic carbocycles. The Balaban J connectivity index is 2.88. The van der Waals surface area contributed by atoms with Crippen LogP contribution in [0.1, 0.15) is 25.3 Å². The van der Waals surface area contributed by atoms with Gasteiger partial charge in [-0.15, -0.1) is 0 Å². The molecule has 0 heterocycles. The molecule has 0 spiro atoms. The standard InChI is InChI=1S/C13H18Br2O2/c1-4-10(14)7-5-9-6-8-11(16-2)12(15)13(9)17-3/h6,8,10H,4-5,7H2,1-3H3. The summed E-state index contributed by atoms with van der Waals surface area (Å²) in [6.07, 6.45) is 3.24. The van der Waals surface area contributed by atoms with E-state index in [0.717, 1.165) is 35.2 Å². The zero-order valence-electron chi connectivity index (χ0n) is 10.4. The van der Waals surface area contributed by atoms with Gasteiger partial charge in [0.25, 0.3) is 0 Å². The molecule has 1 aromatic rings. The van der Waals surface area contributed by atoms with Crippen molar-refractivity contribution in [1.29, 1.82) is 0 Å². The van der Waals surface area contributed by atoms with Gasteiger partial charge in [0.1, 0.15) is 16.0 Å². The van der Waals surface area contributed by atoms with Crippen molar-refractivity contribution in [1.82, 2.24) is 0 Å². The van der Waals surface area contributed by atoms with Crippen LogP contribution in [-0.2, 0) is 6.42 Å². The van der Waals surface area contributed by atoms with E-state index in [2.05, 4.69) is 44.8 Å². The van der Waals surface area contributed by atoms with Crippen LogP contribution in [0.2, 0.25) is 0 Å². The quantitative estimate of drug-likeness (QED) is 0.687. The third-order valence-electron chi connectivity index (χ3n) is 2.74. The summed E-state index contributed by atoms with van der Waals surface area (Å²) >= 11 is 7.17. The molecule has 4 heteroatoms. The van der Waals surface area contributed by atoms with Gasteiger partial charge >= 0.3 is 0 Å². The summed E-state index contributed by atoms with van der Waals surface area (Å²) in [6.45, 7) is 2.18. The van der Waals surface area contributed by atoms with Gasteiger partial charge in [0.2, 0.25) is 0 Å². The molecule has 1 atom stereocenters. The molecule has 0 fully saturated rings. The summed E-state index contributed by atoms with van der Waals surface area (Å²) in [5.74, 6) is 1.68. The normalized spacial score (nSPS) is 12.3. The number of rotatable bonds is 6. The van der Waals surface area contributed by atoms with Crippen LogP contribution in [0.25, 0.3) is 0 Å². The molecule has 1 unspecified atom stereocenters. The lowest BCUT2D eigenvalue weighted by Crippen LogP contribution is -2.01. The highest BCUT2D eigenvalue weighted by atomic mass is 79.9. The minimum Gasteiger partial charge on any atom is -0.495 e. The van der Waals surface area contributed by atoms with Gasteiger partial charge in [-0.1, -0.05) is 28.9 Å². The van der Waals surface area contributed by atoms with Crippen molar-refractivity contribution in [2.24, 2.45) is 0 Å². The number of benzene rings is 1. The second-order valence-electron chi connectivity index (χ2n) is 3.82. The van der Waals surface area contributed by atoms with Crippen LogP contribution in [0, 0.1) is 0 Å². The summed E-state index contributed by atoms with van der Waals surface area (Å²) in [6, 6.07) is 4.04. The third-order valence-corrected chi connectivity index (χ3v) is 4.59. The molecule has 0 bridgehead atoms. The molecule has 0 aliphatic rings. The van der Waals surface area contributed by atoms with Crippen molar-refractivity contribution in [3.8, 4) is 11.5 Å². The first kappa shape index (κ1) is 14.8. The Morgan fingerprint density at radius 2 is 1.94 bits per heavy atom. The topological polar surface area (TPSA) is 18.5 Å². The molecule has 17 heavy (non-hydrogen) atoms. The number of methoxy groups -OCH3 is 2. The highest BCUT2D eigenvalue weighted by Crippen LogP contribution is 2.37. The van der Waals surface area contributed by atoms with Crippen molar-refractivity contribution in [2.75, 3.05) is 14.2 Å². The molecule has 0 amide bonds. The maximum absolute atomic E-state index is 5.44. The summed E-state index contributed by atoms with van der Waals surface area (Å²) in [5.41, 5.74) is 1.21. The summed E-state index contributed by atoms with van der Waals surface area (Å²) in [5, 5.41) is 0. The van der Waals surface area contributed by atoms with E-state index in [1.165, 1.54) is 5.56 Å². The fourth-order valence-electron chi connectivity index (χ4n) is 1.67. The molecule has 0 aliphatic heterocycles. The number of alkyl halides is 1. The molecule has 96 valence electrons. The predicted octanol–water partition coefficient (Wildman–Crippen LogP) is 4.57. The van der Waals surface area contributed by atoms with E-state index >= 15 is 0 Å². The van der Waals surface area contributed by atoms with Gasteiger partial charge in [0.05, 0.1) is 14.2 Å². The second-order valence-corrected chi connectivity index (χ2v) is 5.91. The first-order chi connectivity index (χ1) is 8.13. The maximum Gasteiger partial charge on any atom is 0.139 e. The van der Waals surface area contributed by atoms with E-state index in [1.807, 2.05) is 6.07 Å². The summed E-state index contributed by atoms with van der Waals surface area (Å²) in [7, 11) is 3.35. The van der Waals surface area contributed by atoms with E-state index < -0.39 is 0 Å². The minimum atomic E-state index is 0.563. The van der Waals surface area contributed by atoms with Crippen molar-refractivity contribution in [3.63, 3.8) is 0 Å². The average Bonchev–Trinajstić information content (AvgIpc) is 2.35. The summed E-state index contributed by atoms with van der Waals surface area (Å²) in [4.78, 5) is 0.563. The van der Waals surface area contributed by atoms with Crippen molar-refractivity contribution < 1.29 is 9.47 Å². The van der Waals surface area contributed by atoms with Crippen molar-refractivity contribution in [3.05, 3.63) is 22.2 Å². The molecule has 2 nitrogen and oxygen atoms in total. The minimum absolute atomic E-state index is 0.563. The van der Waals surface area contributed by atoms with Crippen molar-refractivity contribution >= 4 is 31.9 Å². The number of aryl methyl sites for hydroxylation is 1. The van der Waals surface area contributed by atoms with E-state index in [-0.39, 0.29) is 0 Å². The van der Waals surface area contributed by atoms with Crippen LogP contribution in [0.3, 0.4) is 0 Å². The molecule has 1 aromatic carbocycles. The van der Waals surface area contributed by atoms with Crippen LogP contribution in [0.5, 0.6) is 11.5 Å². The van der Waals surface area contributed by atoms with Crippen LogP contribution in [0.15, 0.2) is 16.6 Å². The zero-order valence-corrected chi connectivity index (χ0v) is 13.6. The van der Waals surface area contributed by atoms with E-state index in [4.69, 9.17) is 9.47 Å². The van der Waals surface area contributed by atoms with Gasteiger partial charge in [-0.2, -0.15) is 0 Å². The maximum atomic E-state index is 5.44. The fourth-order valence-corrected chi connectivity index (χ4v) is 2.61. The average molecular weight is 366 g/mol. The number of hydrogen-bond donors (Lipinski definition) is 0. The highest BCUT2D eigenvalue weighted by Gasteiger charge is 2.13. The molecule has 0 saturated heterocycles. The van der Waals surface area contributed by atoms with E-state index in [1.54, 1.807) is 14.2 Å². The SMILES string of the molecule is CCC(Br)CCc1ccc(OC)c(Br)c1OC. The second kappa shape index (κ2) is 7.27. The molecule has 0 saturated carbocycles. The largest absolute Gasteiger partial charge is 0.495 e. The molecule has 0 radical (unpaired) electrons. The molecule has 1 rings (SSSR count). The van der Waals surface area contributed by atoms with Gasteiger partial charge < -0.3 is 9.47 Å². The summed E-state index contributed by atoms with van der Waals surface area (Å²) < 4.78 is 11.6. The van der Waals surface area contributed by atoms with Gasteiger partial charge in [0, 0.05) is 4.83 Å². The van der Waals surface area contributed by atoms with Crippen LogP contribution in [-0.4, -0.2) is 19.0 Å². The van der Waals surface area contributed by atoms with E-state index in [9.17, 15) is 0 Å². The third kappa shape index (κ3) is 3.88. The van der Waals surface area contributed by atoms with Crippen LogP contribution < -0.4 is 9.47 Å². The van der Waals surface area contributed by atoms with Gasteiger partial charge in [0.15, 0.2) is 0 Å². The van der Waals surface area contributed by atoms with Crippen LogP contribution in [0.4, 0.5) is 0 Å². The highest BCUT2D eigenvalue weighted by molar-refractivity contribution is 9.10. The molecule has 0 N–H and O–H groups in total. The van der Waals surface area contributed by atoms with E-state index in [0.29, 0.717) is 4.83 Å². The first-order valence-corrected chi connectivity index (χ1v) is 7.38. The molecular weight excluding hydrogens is 348 g/mol. The first-order valence-electron chi connectivity index (χ1n) is 5.67. The lowest BCUT2D eigenvalue weighted by atomic mass is 10.1. The van der Waals surface area contributed by atoms with Gasteiger partial charge in [-0.25, -0.2) is 0 Å². The Hall–Kier alpha value is -0.220. The molecular formula is C13H18Br2O2. The Morgan fingerprint density at radius 1 is 1.24 bits per heavy atom. The number of ether oxygens (including phenoxy) is 2. The monoisotopic (exact) mass is 364 g/mol. The van der Waals surface area contributed by atoms with Crippen molar-refractivity contribution in [2.45, 2.75) is 31.0 Å². The Morgan fingerprint density at radius 3 is 2.47 bits per heavy atom. The van der Waals surface area contributed by atoms with Gasteiger partial charge in [-0.3, -0.25) is 0 Å². The Labute approximate surface area is 120 Å². The Kier molecular flexibility index (Phi) is 6.34. The fraction of sp³-hybridized carbons (Fsp3) is 0.538. The Bertz CT molecular complexity index is 367. The lowest BCUT2D eigenvalue weighted by Gasteiger charge is -2.14.